The molecule has 0 bridgehead atoms. The van der Waals surface area contributed by atoms with E-state index in [0.29, 0.717) is 26.1 Å². The summed E-state index contributed by atoms with van der Waals surface area (Å²) in [5, 5.41) is 21.3. The van der Waals surface area contributed by atoms with Crippen molar-refractivity contribution < 1.29 is 29.3 Å². The number of aliphatic carboxylic acids is 2. The minimum atomic E-state index is -0.998. The molecule has 0 saturated carbocycles. The summed E-state index contributed by atoms with van der Waals surface area (Å²) in [7, 11) is 3.26. The summed E-state index contributed by atoms with van der Waals surface area (Å²) in [4.78, 5) is 22.6. The lowest BCUT2D eigenvalue weighted by atomic mass is 10.0. The number of carboxylic acid groups (broad SMARTS) is 2. The van der Waals surface area contributed by atoms with Crippen molar-refractivity contribution in [3.8, 4) is 0 Å². The van der Waals surface area contributed by atoms with Crippen molar-refractivity contribution in [3.05, 3.63) is 0 Å². The third-order valence-corrected chi connectivity index (χ3v) is 3.68. The van der Waals surface area contributed by atoms with Crippen LogP contribution in [0.5, 0.6) is 0 Å². The number of hydrogen-bond acceptors (Lipinski definition) is 5. The zero-order valence-corrected chi connectivity index (χ0v) is 15.5. The van der Waals surface area contributed by atoms with E-state index in [1.54, 1.807) is 14.2 Å². The molecule has 0 radical (unpaired) electrons. The molecule has 3 N–H and O–H groups in total. The van der Waals surface area contributed by atoms with Crippen LogP contribution in [0.3, 0.4) is 0 Å². The lowest BCUT2D eigenvalue weighted by molar-refractivity contribution is -0.142. The molecule has 0 aliphatic heterocycles. The quantitative estimate of drug-likeness (QED) is 0.358. The van der Waals surface area contributed by atoms with Crippen molar-refractivity contribution in [2.45, 2.75) is 63.5 Å². The maximum absolute atomic E-state index is 11.3. The number of nitrogens with one attached hydrogen (secondary N) is 1. The van der Waals surface area contributed by atoms with Gasteiger partial charge in [0.15, 0.2) is 0 Å². The molecule has 0 aliphatic carbocycles. The average Bonchev–Trinajstić information content (AvgIpc) is 2.51. The van der Waals surface area contributed by atoms with Crippen molar-refractivity contribution in [3.63, 3.8) is 0 Å². The van der Waals surface area contributed by atoms with E-state index >= 15 is 0 Å². The van der Waals surface area contributed by atoms with Crippen LogP contribution in [0.25, 0.3) is 0 Å². The van der Waals surface area contributed by atoms with Gasteiger partial charge in [0.25, 0.3) is 0 Å². The molecule has 7 nitrogen and oxygen atoms in total. The number of unbranched alkanes of at least 4 members (excludes halogenated alkanes) is 4. The Morgan fingerprint density at radius 3 is 1.46 bits per heavy atom. The summed E-state index contributed by atoms with van der Waals surface area (Å²) in [5.74, 6) is -2.00. The highest BCUT2D eigenvalue weighted by atomic mass is 35.5. The lowest BCUT2D eigenvalue weighted by Gasteiger charge is -2.20. The van der Waals surface area contributed by atoms with Crippen molar-refractivity contribution in [2.24, 2.45) is 0 Å². The van der Waals surface area contributed by atoms with Crippen LogP contribution in [0.15, 0.2) is 0 Å². The molecule has 0 aromatic rings. The van der Waals surface area contributed by atoms with E-state index in [9.17, 15) is 19.8 Å². The van der Waals surface area contributed by atoms with E-state index in [0.717, 1.165) is 38.5 Å². The molecule has 0 aliphatic rings. The Labute approximate surface area is 150 Å². The van der Waals surface area contributed by atoms with Gasteiger partial charge in [-0.25, -0.2) is 0 Å². The first-order chi connectivity index (χ1) is 11.0. The second kappa shape index (κ2) is 17.0. The molecule has 0 amide bonds. The number of rotatable bonds is 16. The molecule has 2 atom stereocenters. The highest BCUT2D eigenvalue weighted by molar-refractivity contribution is 5.85. The monoisotopic (exact) mass is 369 g/mol. The molecule has 144 valence electrons. The summed E-state index contributed by atoms with van der Waals surface area (Å²) < 4.78 is 9.89. The van der Waals surface area contributed by atoms with Crippen molar-refractivity contribution in [1.82, 2.24) is 5.32 Å². The SMILES string of the molecule is COCCCCCC(NC(CCCCCOC)C(=O)O)C(=O)O.Cl. The molecule has 0 saturated heterocycles. The van der Waals surface area contributed by atoms with Gasteiger partial charge in [0.05, 0.1) is 0 Å². The molecule has 8 heteroatoms. The first kappa shape index (κ1) is 25.4. The van der Waals surface area contributed by atoms with Crippen LogP contribution >= 0.6 is 12.4 Å². The molecule has 0 aromatic carbocycles. The van der Waals surface area contributed by atoms with Gasteiger partial charge in [0.2, 0.25) is 0 Å². The predicted molar refractivity (Wildman–Crippen MR) is 93.9 cm³/mol. The number of carbonyl (C=O) groups is 2. The first-order valence-corrected chi connectivity index (χ1v) is 8.22. The average molecular weight is 370 g/mol. The fraction of sp³-hybridized carbons (Fsp3) is 0.875. The normalized spacial score (nSPS) is 13.1. The molecule has 0 spiro atoms. The summed E-state index contributed by atoms with van der Waals surface area (Å²) in [6, 6.07) is -1.64. The lowest BCUT2D eigenvalue weighted by Crippen LogP contribution is -2.47. The van der Waals surface area contributed by atoms with Gasteiger partial charge in [0, 0.05) is 27.4 Å². The minimum Gasteiger partial charge on any atom is -0.480 e. The number of methoxy groups -OCH3 is 2. The van der Waals surface area contributed by atoms with E-state index in [1.807, 2.05) is 0 Å². The van der Waals surface area contributed by atoms with E-state index in [4.69, 9.17) is 9.47 Å². The van der Waals surface area contributed by atoms with Crippen LogP contribution in [-0.2, 0) is 19.1 Å². The van der Waals surface area contributed by atoms with Gasteiger partial charge in [-0.3, -0.25) is 14.9 Å². The Morgan fingerprint density at radius 1 is 0.792 bits per heavy atom. The zero-order chi connectivity index (χ0) is 17.5. The van der Waals surface area contributed by atoms with Crippen LogP contribution in [0.2, 0.25) is 0 Å². The summed E-state index contributed by atoms with van der Waals surface area (Å²) in [5.41, 5.74) is 0. The van der Waals surface area contributed by atoms with E-state index in [2.05, 4.69) is 5.32 Å². The molecular formula is C16H32ClNO6. The van der Waals surface area contributed by atoms with Crippen LogP contribution in [0.4, 0.5) is 0 Å². The number of hydrogen-bond donors (Lipinski definition) is 3. The van der Waals surface area contributed by atoms with E-state index in [-0.39, 0.29) is 12.4 Å². The van der Waals surface area contributed by atoms with Crippen LogP contribution < -0.4 is 5.32 Å². The van der Waals surface area contributed by atoms with Crippen LogP contribution in [0.1, 0.15) is 51.4 Å². The topological polar surface area (TPSA) is 105 Å². The molecule has 2 unspecified atom stereocenters. The molecular weight excluding hydrogens is 338 g/mol. The minimum absolute atomic E-state index is 0. The predicted octanol–water partition coefficient (Wildman–Crippen LogP) is 2.32. The Bertz CT molecular complexity index is 300. The highest BCUT2D eigenvalue weighted by Gasteiger charge is 2.25. The largest absolute Gasteiger partial charge is 0.480 e. The Hall–Kier alpha value is -0.890. The summed E-state index contributed by atoms with van der Waals surface area (Å²) in [6.07, 6.45) is 5.80. The van der Waals surface area contributed by atoms with Gasteiger partial charge in [-0.1, -0.05) is 25.7 Å². The zero-order valence-electron chi connectivity index (χ0n) is 14.7. The second-order valence-corrected chi connectivity index (χ2v) is 5.63. The third-order valence-electron chi connectivity index (χ3n) is 3.68. The van der Waals surface area contributed by atoms with Crippen LogP contribution in [0, 0.1) is 0 Å². The smallest absolute Gasteiger partial charge is 0.320 e. The van der Waals surface area contributed by atoms with Gasteiger partial charge in [-0.05, 0) is 25.7 Å². The number of halogens is 1. The fourth-order valence-electron chi connectivity index (χ4n) is 2.34. The van der Waals surface area contributed by atoms with Gasteiger partial charge in [-0.15, -0.1) is 12.4 Å². The molecule has 0 heterocycles. The fourth-order valence-corrected chi connectivity index (χ4v) is 2.34. The number of ether oxygens (including phenoxy) is 2. The van der Waals surface area contributed by atoms with Gasteiger partial charge < -0.3 is 19.7 Å². The summed E-state index contributed by atoms with van der Waals surface area (Å²) >= 11 is 0. The van der Waals surface area contributed by atoms with Gasteiger partial charge in [0.1, 0.15) is 12.1 Å². The van der Waals surface area contributed by atoms with Crippen molar-refractivity contribution in [1.29, 1.82) is 0 Å². The van der Waals surface area contributed by atoms with E-state index < -0.39 is 24.0 Å². The van der Waals surface area contributed by atoms with Gasteiger partial charge in [-0.2, -0.15) is 0 Å². The molecule has 24 heavy (non-hydrogen) atoms. The Kier molecular flexibility index (Phi) is 17.9. The van der Waals surface area contributed by atoms with Gasteiger partial charge >= 0.3 is 11.9 Å². The van der Waals surface area contributed by atoms with Crippen molar-refractivity contribution in [2.75, 3.05) is 27.4 Å². The standard InChI is InChI=1S/C16H31NO6.ClH/c1-22-11-7-3-5-9-13(15(18)19)17-14(16(20)21)10-6-4-8-12-23-2;/h13-14,17H,3-12H2,1-2H3,(H,18,19)(H,20,21);1H. The summed E-state index contributed by atoms with van der Waals surface area (Å²) in [6.45, 7) is 1.31. The maximum Gasteiger partial charge on any atom is 0.320 e. The second-order valence-electron chi connectivity index (χ2n) is 5.63. The molecule has 0 aromatic heterocycles. The Morgan fingerprint density at radius 2 is 1.17 bits per heavy atom. The van der Waals surface area contributed by atoms with E-state index in [1.165, 1.54) is 0 Å². The highest BCUT2D eigenvalue weighted by Crippen LogP contribution is 2.09. The molecule has 0 fully saturated rings. The molecule has 0 rings (SSSR count). The Balaban J connectivity index is 0. The maximum atomic E-state index is 11.3. The first-order valence-electron chi connectivity index (χ1n) is 8.22. The van der Waals surface area contributed by atoms with Crippen molar-refractivity contribution >= 4 is 24.3 Å². The number of carboxylic acids is 2. The van der Waals surface area contributed by atoms with Crippen LogP contribution in [-0.4, -0.2) is 61.7 Å². The third kappa shape index (κ3) is 13.5.